The highest BCUT2D eigenvalue weighted by Gasteiger charge is 2.53. The molecule has 21 heavy (non-hydrogen) atoms. The summed E-state index contributed by atoms with van der Waals surface area (Å²) in [4.78, 5) is 11.5. The predicted octanol–water partition coefficient (Wildman–Crippen LogP) is 1.08. The normalized spacial score (nSPS) is 23.3. The molecule has 0 bridgehead atoms. The fourth-order valence-electron chi connectivity index (χ4n) is 2.60. The molecule has 0 saturated carbocycles. The second-order valence-corrected chi connectivity index (χ2v) is 6.77. The zero-order valence-corrected chi connectivity index (χ0v) is 12.3. The maximum atomic E-state index is 12.9. The second-order valence-electron chi connectivity index (χ2n) is 4.90. The van der Waals surface area contributed by atoms with Crippen molar-refractivity contribution in [1.29, 1.82) is 0 Å². The SMILES string of the molecule is COCC1(C(=O)O)CCCN1S(=O)(=O)c1ccc(F)cc1. The number of rotatable bonds is 5. The standard InChI is InChI=1S/C13H16FNO5S/c1-20-9-13(12(16)17)7-2-8-15(13)21(18,19)11-5-3-10(14)4-6-11/h3-6H,2,7-9H2,1H3,(H,16,17). The molecule has 0 aromatic heterocycles. The summed E-state index contributed by atoms with van der Waals surface area (Å²) in [5, 5.41) is 9.47. The molecule has 1 aliphatic rings. The molecule has 1 unspecified atom stereocenters. The van der Waals surface area contributed by atoms with Crippen LogP contribution in [-0.4, -0.2) is 49.6 Å². The quantitative estimate of drug-likeness (QED) is 0.878. The molecular formula is C13H16FNO5S. The number of benzene rings is 1. The minimum Gasteiger partial charge on any atom is -0.480 e. The fourth-order valence-corrected chi connectivity index (χ4v) is 4.38. The largest absolute Gasteiger partial charge is 0.480 e. The van der Waals surface area contributed by atoms with Crippen LogP contribution >= 0.6 is 0 Å². The van der Waals surface area contributed by atoms with E-state index in [0.29, 0.717) is 6.42 Å². The predicted molar refractivity (Wildman–Crippen MR) is 71.8 cm³/mol. The van der Waals surface area contributed by atoms with Crippen molar-refractivity contribution in [3.05, 3.63) is 30.1 Å². The molecule has 8 heteroatoms. The molecule has 0 aliphatic carbocycles. The van der Waals surface area contributed by atoms with Gasteiger partial charge in [0.15, 0.2) is 5.54 Å². The summed E-state index contributed by atoms with van der Waals surface area (Å²) in [5.74, 6) is -1.80. The van der Waals surface area contributed by atoms with Crippen LogP contribution in [0.1, 0.15) is 12.8 Å². The van der Waals surface area contributed by atoms with Crippen molar-refractivity contribution in [2.75, 3.05) is 20.3 Å². The Morgan fingerprint density at radius 3 is 2.57 bits per heavy atom. The first-order chi connectivity index (χ1) is 9.84. The molecule has 116 valence electrons. The molecule has 1 aromatic rings. The number of ether oxygens (including phenoxy) is 1. The van der Waals surface area contributed by atoms with Crippen molar-refractivity contribution in [1.82, 2.24) is 4.31 Å². The van der Waals surface area contributed by atoms with E-state index in [1.165, 1.54) is 7.11 Å². The van der Waals surface area contributed by atoms with E-state index in [-0.39, 0.29) is 24.5 Å². The number of hydrogen-bond donors (Lipinski definition) is 1. The Labute approximate surface area is 122 Å². The summed E-state index contributed by atoms with van der Waals surface area (Å²) in [6.45, 7) is -0.141. The van der Waals surface area contributed by atoms with Gasteiger partial charge in [-0.2, -0.15) is 4.31 Å². The summed E-state index contributed by atoms with van der Waals surface area (Å²) in [6, 6.07) is 4.31. The Morgan fingerprint density at radius 2 is 2.05 bits per heavy atom. The smallest absolute Gasteiger partial charge is 0.327 e. The van der Waals surface area contributed by atoms with E-state index in [1.807, 2.05) is 0 Å². The van der Waals surface area contributed by atoms with Gasteiger partial charge in [-0.25, -0.2) is 12.8 Å². The molecule has 1 saturated heterocycles. The van der Waals surface area contributed by atoms with E-state index in [2.05, 4.69) is 0 Å². The number of aliphatic carboxylic acids is 1. The van der Waals surface area contributed by atoms with Crippen LogP contribution < -0.4 is 0 Å². The van der Waals surface area contributed by atoms with Gasteiger partial charge >= 0.3 is 5.97 Å². The Bertz CT molecular complexity index is 630. The monoisotopic (exact) mass is 317 g/mol. The van der Waals surface area contributed by atoms with Crippen molar-refractivity contribution >= 4 is 16.0 Å². The van der Waals surface area contributed by atoms with Crippen molar-refractivity contribution in [3.63, 3.8) is 0 Å². The highest BCUT2D eigenvalue weighted by molar-refractivity contribution is 7.89. The topological polar surface area (TPSA) is 83.9 Å². The fraction of sp³-hybridized carbons (Fsp3) is 0.462. The molecule has 2 rings (SSSR count). The van der Waals surface area contributed by atoms with Crippen molar-refractivity contribution < 1.29 is 27.4 Å². The third kappa shape index (κ3) is 2.66. The molecule has 1 heterocycles. The number of nitrogens with zero attached hydrogens (tertiary/aromatic N) is 1. The lowest BCUT2D eigenvalue weighted by Crippen LogP contribution is -2.55. The minimum atomic E-state index is -4.02. The maximum absolute atomic E-state index is 12.9. The van der Waals surface area contributed by atoms with Gasteiger partial charge in [0.05, 0.1) is 11.5 Å². The molecule has 1 atom stereocenters. The maximum Gasteiger partial charge on any atom is 0.327 e. The van der Waals surface area contributed by atoms with Gasteiger partial charge in [0, 0.05) is 13.7 Å². The van der Waals surface area contributed by atoms with Crippen LogP contribution in [-0.2, 0) is 19.6 Å². The van der Waals surface area contributed by atoms with Crippen LogP contribution in [0, 0.1) is 5.82 Å². The lowest BCUT2D eigenvalue weighted by Gasteiger charge is -2.33. The van der Waals surface area contributed by atoms with E-state index in [0.717, 1.165) is 28.6 Å². The van der Waals surface area contributed by atoms with Crippen molar-refractivity contribution in [2.45, 2.75) is 23.3 Å². The van der Waals surface area contributed by atoms with E-state index >= 15 is 0 Å². The first kappa shape index (κ1) is 15.9. The highest BCUT2D eigenvalue weighted by atomic mass is 32.2. The molecule has 6 nitrogen and oxygen atoms in total. The molecule has 1 fully saturated rings. The summed E-state index contributed by atoms with van der Waals surface area (Å²) in [5.41, 5.74) is -1.61. The van der Waals surface area contributed by atoms with Crippen LogP contribution in [0.5, 0.6) is 0 Å². The van der Waals surface area contributed by atoms with Gasteiger partial charge < -0.3 is 9.84 Å². The summed E-state index contributed by atoms with van der Waals surface area (Å²) < 4.78 is 44.0. The number of carboxylic acid groups (broad SMARTS) is 1. The Balaban J connectivity index is 2.47. The van der Waals surface area contributed by atoms with Crippen molar-refractivity contribution in [3.8, 4) is 0 Å². The molecule has 0 spiro atoms. The molecular weight excluding hydrogens is 301 g/mol. The number of methoxy groups -OCH3 is 1. The van der Waals surface area contributed by atoms with Gasteiger partial charge in [-0.05, 0) is 37.1 Å². The van der Waals surface area contributed by atoms with E-state index in [4.69, 9.17) is 4.74 Å². The Kier molecular flexibility index (Phi) is 4.31. The molecule has 1 aliphatic heterocycles. The van der Waals surface area contributed by atoms with Crippen LogP contribution in [0.15, 0.2) is 29.2 Å². The number of halogens is 1. The van der Waals surface area contributed by atoms with Gasteiger partial charge in [-0.1, -0.05) is 0 Å². The average Bonchev–Trinajstić information content (AvgIpc) is 2.85. The summed E-state index contributed by atoms with van der Waals surface area (Å²) in [7, 11) is -2.70. The zero-order valence-electron chi connectivity index (χ0n) is 11.5. The number of carbonyl (C=O) groups is 1. The van der Waals surface area contributed by atoms with Crippen LogP contribution in [0.2, 0.25) is 0 Å². The summed E-state index contributed by atoms with van der Waals surface area (Å²) >= 11 is 0. The zero-order chi connectivity index (χ0) is 15.7. The summed E-state index contributed by atoms with van der Waals surface area (Å²) in [6.07, 6.45) is 0.604. The minimum absolute atomic E-state index is 0.0926. The van der Waals surface area contributed by atoms with Crippen molar-refractivity contribution in [2.24, 2.45) is 0 Å². The Hall–Kier alpha value is -1.51. The van der Waals surface area contributed by atoms with Gasteiger partial charge in [-0.3, -0.25) is 4.79 Å². The van der Waals surface area contributed by atoms with Gasteiger partial charge in [0.25, 0.3) is 0 Å². The molecule has 0 amide bonds. The first-order valence-corrected chi connectivity index (χ1v) is 7.79. The Morgan fingerprint density at radius 1 is 1.43 bits per heavy atom. The van der Waals surface area contributed by atoms with Gasteiger partial charge in [0.1, 0.15) is 5.82 Å². The molecule has 1 aromatic carbocycles. The number of sulfonamides is 1. The van der Waals surface area contributed by atoms with E-state index < -0.39 is 27.3 Å². The second kappa shape index (κ2) is 5.70. The third-order valence-electron chi connectivity index (χ3n) is 3.61. The van der Waals surface area contributed by atoms with E-state index in [9.17, 15) is 22.7 Å². The lowest BCUT2D eigenvalue weighted by molar-refractivity contribution is -0.150. The van der Waals surface area contributed by atoms with Gasteiger partial charge in [0.2, 0.25) is 10.0 Å². The van der Waals surface area contributed by atoms with Crippen LogP contribution in [0.3, 0.4) is 0 Å². The number of hydrogen-bond acceptors (Lipinski definition) is 4. The average molecular weight is 317 g/mol. The first-order valence-electron chi connectivity index (χ1n) is 6.35. The lowest BCUT2D eigenvalue weighted by atomic mass is 9.99. The third-order valence-corrected chi connectivity index (χ3v) is 5.59. The highest BCUT2D eigenvalue weighted by Crippen LogP contribution is 2.35. The van der Waals surface area contributed by atoms with Crippen LogP contribution in [0.25, 0.3) is 0 Å². The molecule has 1 N–H and O–H groups in total. The molecule has 0 radical (unpaired) electrons. The van der Waals surface area contributed by atoms with Gasteiger partial charge in [-0.15, -0.1) is 0 Å². The van der Waals surface area contributed by atoms with Crippen LogP contribution in [0.4, 0.5) is 4.39 Å². The van der Waals surface area contributed by atoms with E-state index in [1.54, 1.807) is 0 Å². The number of carboxylic acids is 1.